The Morgan fingerprint density at radius 1 is 1.32 bits per heavy atom. The Hall–Kier alpha value is -1.75. The average Bonchev–Trinajstić information content (AvgIpc) is 3.07. The summed E-state index contributed by atoms with van der Waals surface area (Å²) in [7, 11) is 0. The van der Waals surface area contributed by atoms with Crippen molar-refractivity contribution in [3.8, 4) is 0 Å². The third-order valence-corrected chi connectivity index (χ3v) is 4.94. The van der Waals surface area contributed by atoms with Crippen molar-refractivity contribution in [1.29, 1.82) is 0 Å². The molecule has 0 aliphatic carbocycles. The minimum absolute atomic E-state index is 0. The number of rotatable bonds is 7. The number of hydrogen-bond donors (Lipinski definition) is 3. The van der Waals surface area contributed by atoms with E-state index in [1.54, 1.807) is 18.5 Å². The number of hydrogen-bond acceptors (Lipinski definition) is 4. The second-order valence-corrected chi connectivity index (χ2v) is 7.01. The number of carbonyl (C=O) groups is 1. The summed E-state index contributed by atoms with van der Waals surface area (Å²) in [6.07, 6.45) is 0. The van der Waals surface area contributed by atoms with Gasteiger partial charge in [-0.3, -0.25) is 9.79 Å². The molecule has 0 aliphatic rings. The van der Waals surface area contributed by atoms with Gasteiger partial charge in [-0.15, -0.1) is 35.3 Å². The topological polar surface area (TPSA) is 78.4 Å². The first kappa shape index (κ1) is 24.3. The SMILES string of the molecule is CCNC(=NCCNC(=O)c1scnc1C)NC(C)c1ccc(C)c(F)c1.I. The van der Waals surface area contributed by atoms with Crippen LogP contribution in [0.2, 0.25) is 0 Å². The van der Waals surface area contributed by atoms with Crippen LogP contribution in [0.1, 0.15) is 46.4 Å². The third-order valence-electron chi connectivity index (χ3n) is 4.01. The quantitative estimate of drug-likeness (QED) is 0.226. The van der Waals surface area contributed by atoms with E-state index in [4.69, 9.17) is 0 Å². The Bertz CT molecular complexity index is 811. The van der Waals surface area contributed by atoms with Gasteiger partial charge in [-0.25, -0.2) is 9.37 Å². The van der Waals surface area contributed by atoms with Crippen LogP contribution in [-0.4, -0.2) is 36.5 Å². The Labute approximate surface area is 186 Å². The van der Waals surface area contributed by atoms with Crippen molar-refractivity contribution in [2.24, 2.45) is 4.99 Å². The standard InChI is InChI=1S/C19H26FN5OS.HI/c1-5-21-19(25-13(3)15-7-6-12(2)16(20)10-15)23-9-8-22-18(26)17-14(4)24-11-27-17;/h6-7,10-11,13H,5,8-9H2,1-4H3,(H,22,26)(H2,21,23,25);1H. The lowest BCUT2D eigenvalue weighted by Gasteiger charge is -2.18. The van der Waals surface area contributed by atoms with E-state index < -0.39 is 0 Å². The molecule has 9 heteroatoms. The molecule has 28 heavy (non-hydrogen) atoms. The molecular formula is C19H27FIN5OS. The van der Waals surface area contributed by atoms with Crippen molar-refractivity contribution < 1.29 is 9.18 Å². The number of carbonyl (C=O) groups excluding carboxylic acids is 1. The fourth-order valence-electron chi connectivity index (χ4n) is 2.42. The van der Waals surface area contributed by atoms with Gasteiger partial charge in [0.2, 0.25) is 0 Å². The van der Waals surface area contributed by atoms with Gasteiger partial charge in [0, 0.05) is 13.1 Å². The van der Waals surface area contributed by atoms with Crippen LogP contribution < -0.4 is 16.0 Å². The highest BCUT2D eigenvalue weighted by atomic mass is 127. The Kier molecular flexibility index (Phi) is 10.4. The number of thiazole rings is 1. The fraction of sp³-hybridized carbons (Fsp3) is 0.421. The number of aromatic nitrogens is 1. The summed E-state index contributed by atoms with van der Waals surface area (Å²) in [5.74, 6) is 0.269. The van der Waals surface area contributed by atoms with Crippen molar-refractivity contribution in [2.75, 3.05) is 19.6 Å². The van der Waals surface area contributed by atoms with Gasteiger partial charge in [-0.05, 0) is 44.9 Å². The molecule has 1 aromatic carbocycles. The second-order valence-electron chi connectivity index (χ2n) is 6.16. The van der Waals surface area contributed by atoms with Gasteiger partial charge in [-0.1, -0.05) is 12.1 Å². The molecular weight excluding hydrogens is 492 g/mol. The van der Waals surface area contributed by atoms with Crippen molar-refractivity contribution >= 4 is 47.2 Å². The van der Waals surface area contributed by atoms with E-state index in [1.807, 2.05) is 26.8 Å². The summed E-state index contributed by atoms with van der Waals surface area (Å²) in [5, 5.41) is 9.26. The first-order valence-electron chi connectivity index (χ1n) is 8.91. The molecule has 3 N–H and O–H groups in total. The number of benzene rings is 1. The minimum Gasteiger partial charge on any atom is -0.357 e. The maximum atomic E-state index is 13.8. The van der Waals surface area contributed by atoms with E-state index >= 15 is 0 Å². The molecule has 1 unspecified atom stereocenters. The molecule has 0 bridgehead atoms. The molecule has 0 aliphatic heterocycles. The molecule has 1 amide bonds. The van der Waals surface area contributed by atoms with Gasteiger partial charge in [0.25, 0.3) is 5.91 Å². The van der Waals surface area contributed by atoms with Gasteiger partial charge < -0.3 is 16.0 Å². The molecule has 2 rings (SSSR count). The molecule has 1 aromatic heterocycles. The number of aliphatic imine (C=N–C) groups is 1. The summed E-state index contributed by atoms with van der Waals surface area (Å²) < 4.78 is 13.8. The highest BCUT2D eigenvalue weighted by Crippen LogP contribution is 2.16. The molecule has 0 saturated carbocycles. The van der Waals surface area contributed by atoms with Gasteiger partial charge in [0.05, 0.1) is 23.8 Å². The van der Waals surface area contributed by atoms with E-state index in [0.717, 1.165) is 11.3 Å². The molecule has 6 nitrogen and oxygen atoms in total. The molecule has 0 radical (unpaired) electrons. The van der Waals surface area contributed by atoms with Crippen LogP contribution in [0.25, 0.3) is 0 Å². The Morgan fingerprint density at radius 3 is 2.68 bits per heavy atom. The van der Waals surface area contributed by atoms with Crippen LogP contribution in [0.5, 0.6) is 0 Å². The van der Waals surface area contributed by atoms with Crippen LogP contribution in [-0.2, 0) is 0 Å². The summed E-state index contributed by atoms with van der Waals surface area (Å²) >= 11 is 1.32. The first-order chi connectivity index (χ1) is 12.9. The fourth-order valence-corrected chi connectivity index (χ4v) is 3.14. The molecule has 2 aromatic rings. The Balaban J connectivity index is 0.00000392. The van der Waals surface area contributed by atoms with E-state index in [9.17, 15) is 9.18 Å². The number of aryl methyl sites for hydroxylation is 2. The summed E-state index contributed by atoms with van der Waals surface area (Å²) in [5.41, 5.74) is 3.86. The van der Waals surface area contributed by atoms with Crippen molar-refractivity contribution in [2.45, 2.75) is 33.7 Å². The predicted octanol–water partition coefficient (Wildman–Crippen LogP) is 3.56. The van der Waals surface area contributed by atoms with Crippen molar-refractivity contribution in [3.63, 3.8) is 0 Å². The van der Waals surface area contributed by atoms with Crippen LogP contribution in [0.3, 0.4) is 0 Å². The monoisotopic (exact) mass is 519 g/mol. The first-order valence-corrected chi connectivity index (χ1v) is 9.79. The van der Waals surface area contributed by atoms with Gasteiger partial charge >= 0.3 is 0 Å². The summed E-state index contributed by atoms with van der Waals surface area (Å²) in [4.78, 5) is 21.2. The average molecular weight is 519 g/mol. The number of nitrogens with zero attached hydrogens (tertiary/aromatic N) is 2. The predicted molar refractivity (Wildman–Crippen MR) is 123 cm³/mol. The zero-order valence-corrected chi connectivity index (χ0v) is 19.7. The van der Waals surface area contributed by atoms with Crippen LogP contribution in [0.15, 0.2) is 28.7 Å². The molecule has 0 fully saturated rings. The van der Waals surface area contributed by atoms with Crippen molar-refractivity contribution in [3.05, 3.63) is 51.2 Å². The lowest BCUT2D eigenvalue weighted by Crippen LogP contribution is -2.39. The largest absolute Gasteiger partial charge is 0.357 e. The summed E-state index contributed by atoms with van der Waals surface area (Å²) in [6.45, 7) is 9.02. The normalized spacial score (nSPS) is 12.1. The lowest BCUT2D eigenvalue weighted by atomic mass is 10.1. The maximum Gasteiger partial charge on any atom is 0.263 e. The van der Waals surface area contributed by atoms with E-state index in [1.165, 1.54) is 17.4 Å². The van der Waals surface area contributed by atoms with E-state index in [2.05, 4.69) is 25.9 Å². The maximum absolute atomic E-state index is 13.8. The van der Waals surface area contributed by atoms with Crippen LogP contribution in [0, 0.1) is 19.7 Å². The third kappa shape index (κ3) is 7.01. The zero-order chi connectivity index (χ0) is 19.8. The smallest absolute Gasteiger partial charge is 0.263 e. The van der Waals surface area contributed by atoms with Crippen LogP contribution >= 0.6 is 35.3 Å². The van der Waals surface area contributed by atoms with E-state index in [-0.39, 0.29) is 41.7 Å². The summed E-state index contributed by atoms with van der Waals surface area (Å²) in [6, 6.07) is 5.10. The highest BCUT2D eigenvalue weighted by molar-refractivity contribution is 14.0. The number of halogens is 2. The van der Waals surface area contributed by atoms with Gasteiger partial charge in [-0.2, -0.15) is 0 Å². The number of nitrogens with one attached hydrogen (secondary N) is 3. The minimum atomic E-state index is -0.218. The highest BCUT2D eigenvalue weighted by Gasteiger charge is 2.11. The molecule has 0 spiro atoms. The van der Waals surface area contributed by atoms with Gasteiger partial charge in [0.15, 0.2) is 5.96 Å². The van der Waals surface area contributed by atoms with Crippen LogP contribution in [0.4, 0.5) is 4.39 Å². The van der Waals surface area contributed by atoms with Gasteiger partial charge in [0.1, 0.15) is 10.7 Å². The lowest BCUT2D eigenvalue weighted by molar-refractivity contribution is 0.0958. The molecule has 154 valence electrons. The number of guanidine groups is 1. The Morgan fingerprint density at radius 2 is 2.07 bits per heavy atom. The second kappa shape index (κ2) is 11.9. The van der Waals surface area contributed by atoms with Crippen molar-refractivity contribution in [1.82, 2.24) is 20.9 Å². The molecule has 1 atom stereocenters. The zero-order valence-electron chi connectivity index (χ0n) is 16.5. The number of amides is 1. The van der Waals surface area contributed by atoms with E-state index in [0.29, 0.717) is 36.0 Å². The molecule has 1 heterocycles. The molecule has 0 saturated heterocycles.